The Morgan fingerprint density at radius 3 is 2.28 bits per heavy atom. The third-order valence-corrected chi connectivity index (χ3v) is 4.87. The third-order valence-electron chi connectivity index (χ3n) is 4.87. The number of amides is 1. The number of nitrogens with one attached hydrogen (secondary N) is 1. The van der Waals surface area contributed by atoms with E-state index in [1.165, 1.54) is 32.1 Å². The fourth-order valence-corrected chi connectivity index (χ4v) is 3.45. The molecular weight excluding hydrogens is 340 g/mol. The molecule has 142 valence electrons. The van der Waals surface area contributed by atoms with Crippen LogP contribution in [-0.4, -0.2) is 32.7 Å². The Hall–Kier alpha value is -1.46. The van der Waals surface area contributed by atoms with Gasteiger partial charge < -0.3 is 20.5 Å². The van der Waals surface area contributed by atoms with Crippen molar-refractivity contribution in [2.75, 3.05) is 20.8 Å². The number of aryl methyl sites for hydroxylation is 1. The number of rotatable bonds is 8. The summed E-state index contributed by atoms with van der Waals surface area (Å²) in [6.45, 7) is 0.517. The van der Waals surface area contributed by atoms with Crippen molar-refractivity contribution < 1.29 is 14.3 Å². The van der Waals surface area contributed by atoms with E-state index in [-0.39, 0.29) is 24.4 Å². The van der Waals surface area contributed by atoms with Crippen molar-refractivity contribution in [3.8, 4) is 11.5 Å². The van der Waals surface area contributed by atoms with E-state index in [1.54, 1.807) is 14.2 Å². The molecule has 2 rings (SSSR count). The minimum absolute atomic E-state index is 0. The summed E-state index contributed by atoms with van der Waals surface area (Å²) >= 11 is 0. The molecule has 1 saturated carbocycles. The molecule has 0 aromatic heterocycles. The highest BCUT2D eigenvalue weighted by Crippen LogP contribution is 2.26. The number of benzene rings is 1. The highest BCUT2D eigenvalue weighted by atomic mass is 35.5. The Morgan fingerprint density at radius 2 is 1.76 bits per heavy atom. The summed E-state index contributed by atoms with van der Waals surface area (Å²) in [5.74, 6) is 2.08. The Labute approximate surface area is 157 Å². The van der Waals surface area contributed by atoms with Crippen LogP contribution < -0.4 is 20.5 Å². The monoisotopic (exact) mass is 370 g/mol. The number of nitrogens with two attached hydrogens (primary N) is 1. The van der Waals surface area contributed by atoms with Crippen LogP contribution in [0.5, 0.6) is 11.5 Å². The van der Waals surface area contributed by atoms with E-state index in [4.69, 9.17) is 15.2 Å². The highest BCUT2D eigenvalue weighted by molar-refractivity contribution is 5.85. The van der Waals surface area contributed by atoms with Crippen LogP contribution in [0.1, 0.15) is 44.1 Å². The summed E-state index contributed by atoms with van der Waals surface area (Å²) in [6.07, 6.45) is 7.26. The van der Waals surface area contributed by atoms with Gasteiger partial charge in [0.1, 0.15) is 11.5 Å². The number of methoxy groups -OCH3 is 2. The smallest absolute Gasteiger partial charge is 0.220 e. The van der Waals surface area contributed by atoms with Gasteiger partial charge in [-0.25, -0.2) is 0 Å². The van der Waals surface area contributed by atoms with Crippen molar-refractivity contribution in [3.63, 3.8) is 0 Å². The fourth-order valence-electron chi connectivity index (χ4n) is 3.45. The highest BCUT2D eigenvalue weighted by Gasteiger charge is 2.23. The molecule has 0 radical (unpaired) electrons. The minimum atomic E-state index is 0. The quantitative estimate of drug-likeness (QED) is 0.737. The molecule has 1 fully saturated rings. The summed E-state index contributed by atoms with van der Waals surface area (Å²) < 4.78 is 10.5. The van der Waals surface area contributed by atoms with E-state index in [0.29, 0.717) is 25.3 Å². The average Bonchev–Trinajstić information content (AvgIpc) is 2.64. The maximum atomic E-state index is 12.3. The molecule has 0 heterocycles. The van der Waals surface area contributed by atoms with Crippen LogP contribution >= 0.6 is 12.4 Å². The molecule has 5 nitrogen and oxygen atoms in total. The van der Waals surface area contributed by atoms with Gasteiger partial charge in [-0.3, -0.25) is 4.79 Å². The maximum absolute atomic E-state index is 12.3. The van der Waals surface area contributed by atoms with Gasteiger partial charge in [-0.2, -0.15) is 0 Å². The summed E-state index contributed by atoms with van der Waals surface area (Å²) in [7, 11) is 3.25. The first-order chi connectivity index (χ1) is 11.7. The number of hydrogen-bond acceptors (Lipinski definition) is 4. The number of carbonyl (C=O) groups is 1. The van der Waals surface area contributed by atoms with Crippen LogP contribution in [-0.2, 0) is 11.2 Å². The van der Waals surface area contributed by atoms with Gasteiger partial charge in [0.05, 0.1) is 14.2 Å². The first kappa shape index (κ1) is 21.6. The standard InChI is InChI=1S/C19H30N2O3.ClH/c1-23-16-10-14(11-17(12-16)24-2)8-9-19(22)21-18(13-20)15-6-4-3-5-7-15;/h10-12,15,18H,3-9,13,20H2,1-2H3,(H,21,22);1H. The van der Waals surface area contributed by atoms with Crippen LogP contribution in [0, 0.1) is 5.92 Å². The van der Waals surface area contributed by atoms with Gasteiger partial charge in [-0.15, -0.1) is 12.4 Å². The van der Waals surface area contributed by atoms with E-state index < -0.39 is 0 Å². The maximum Gasteiger partial charge on any atom is 0.220 e. The van der Waals surface area contributed by atoms with Crippen molar-refractivity contribution >= 4 is 18.3 Å². The first-order valence-corrected chi connectivity index (χ1v) is 8.87. The first-order valence-electron chi connectivity index (χ1n) is 8.87. The average molecular weight is 371 g/mol. The van der Waals surface area contributed by atoms with Crippen molar-refractivity contribution in [1.29, 1.82) is 0 Å². The second kappa shape index (κ2) is 11.2. The van der Waals surface area contributed by atoms with Gasteiger partial charge in [0.25, 0.3) is 0 Å². The number of hydrogen-bond donors (Lipinski definition) is 2. The SMILES string of the molecule is COc1cc(CCC(=O)NC(CN)C2CCCCC2)cc(OC)c1.Cl. The lowest BCUT2D eigenvalue weighted by molar-refractivity contribution is -0.122. The van der Waals surface area contributed by atoms with E-state index in [9.17, 15) is 4.79 Å². The number of carbonyl (C=O) groups excluding carboxylic acids is 1. The predicted octanol–water partition coefficient (Wildman–Crippen LogP) is 3.08. The molecule has 25 heavy (non-hydrogen) atoms. The second-order valence-electron chi connectivity index (χ2n) is 6.53. The molecule has 1 aliphatic carbocycles. The van der Waals surface area contributed by atoms with Crippen molar-refractivity contribution in [3.05, 3.63) is 23.8 Å². The molecule has 1 unspecified atom stereocenters. The normalized spacial score (nSPS) is 15.8. The van der Waals surface area contributed by atoms with Crippen molar-refractivity contribution in [1.82, 2.24) is 5.32 Å². The summed E-state index contributed by atoms with van der Waals surface area (Å²) in [6, 6.07) is 5.82. The molecule has 0 spiro atoms. The van der Waals surface area contributed by atoms with E-state index in [0.717, 1.165) is 17.1 Å². The lowest BCUT2D eigenvalue weighted by Gasteiger charge is -2.30. The Morgan fingerprint density at radius 1 is 1.16 bits per heavy atom. The summed E-state index contributed by atoms with van der Waals surface area (Å²) in [4.78, 5) is 12.3. The molecule has 1 aromatic rings. The van der Waals surface area contributed by atoms with Gasteiger partial charge in [0.2, 0.25) is 5.91 Å². The molecule has 3 N–H and O–H groups in total. The second-order valence-corrected chi connectivity index (χ2v) is 6.53. The molecule has 0 bridgehead atoms. The van der Waals surface area contributed by atoms with Crippen LogP contribution in [0.25, 0.3) is 0 Å². The molecule has 1 aromatic carbocycles. The van der Waals surface area contributed by atoms with Gasteiger partial charge >= 0.3 is 0 Å². The number of halogens is 1. The van der Waals surface area contributed by atoms with Crippen molar-refractivity contribution in [2.45, 2.75) is 51.0 Å². The van der Waals surface area contributed by atoms with E-state index in [1.807, 2.05) is 18.2 Å². The van der Waals surface area contributed by atoms with Crippen LogP contribution in [0.2, 0.25) is 0 Å². The topological polar surface area (TPSA) is 73.6 Å². The fraction of sp³-hybridized carbons (Fsp3) is 0.632. The summed E-state index contributed by atoms with van der Waals surface area (Å²) in [5.41, 5.74) is 6.92. The van der Waals surface area contributed by atoms with E-state index in [2.05, 4.69) is 5.32 Å². The van der Waals surface area contributed by atoms with Gasteiger partial charge in [0, 0.05) is 25.1 Å². The molecule has 0 aliphatic heterocycles. The zero-order valence-corrected chi connectivity index (χ0v) is 16.1. The largest absolute Gasteiger partial charge is 0.497 e. The number of ether oxygens (including phenoxy) is 2. The van der Waals surface area contributed by atoms with Gasteiger partial charge in [-0.1, -0.05) is 19.3 Å². The third kappa shape index (κ3) is 6.75. The minimum Gasteiger partial charge on any atom is -0.497 e. The summed E-state index contributed by atoms with van der Waals surface area (Å²) in [5, 5.41) is 3.14. The Balaban J connectivity index is 0.00000312. The Kier molecular flexibility index (Phi) is 9.68. The van der Waals surface area contributed by atoms with Crippen LogP contribution in [0.4, 0.5) is 0 Å². The predicted molar refractivity (Wildman–Crippen MR) is 103 cm³/mol. The molecule has 1 atom stereocenters. The zero-order valence-electron chi connectivity index (χ0n) is 15.3. The zero-order chi connectivity index (χ0) is 17.4. The van der Waals surface area contributed by atoms with Gasteiger partial charge in [0.15, 0.2) is 0 Å². The van der Waals surface area contributed by atoms with Crippen LogP contribution in [0.3, 0.4) is 0 Å². The molecule has 1 aliphatic rings. The molecule has 6 heteroatoms. The van der Waals surface area contributed by atoms with Gasteiger partial charge in [-0.05, 0) is 42.9 Å². The molecule has 0 saturated heterocycles. The lowest BCUT2D eigenvalue weighted by atomic mass is 9.84. The molecular formula is C19H31ClN2O3. The van der Waals surface area contributed by atoms with Crippen molar-refractivity contribution in [2.24, 2.45) is 11.7 Å². The lowest BCUT2D eigenvalue weighted by Crippen LogP contribution is -2.45. The molecule has 1 amide bonds. The van der Waals surface area contributed by atoms with E-state index >= 15 is 0 Å². The Bertz CT molecular complexity index is 511. The van der Waals surface area contributed by atoms with Crippen LogP contribution in [0.15, 0.2) is 18.2 Å².